The molecule has 0 bridgehead atoms. The van der Waals surface area contributed by atoms with Crippen molar-refractivity contribution in [3.63, 3.8) is 0 Å². The fourth-order valence-electron chi connectivity index (χ4n) is 10.9. The fraction of sp³-hybridized carbons (Fsp3) is 0.0690. The van der Waals surface area contributed by atoms with Gasteiger partial charge in [0.2, 0.25) is 0 Å². The first kappa shape index (κ1) is 57.4. The zero-order valence-corrected chi connectivity index (χ0v) is 40.3. The Bertz CT molecular complexity index is 4090. The van der Waals surface area contributed by atoms with Gasteiger partial charge in [0.25, 0.3) is 0 Å². The maximum atomic E-state index is 17.0. The monoisotopic (exact) mass is 1160 g/mol. The molecule has 0 amide bonds. The molecular formula is C58H12F18N8. The normalized spacial score (nSPS) is 14.1. The van der Waals surface area contributed by atoms with Crippen molar-refractivity contribution in [2.45, 2.75) is 23.7 Å². The highest BCUT2D eigenvalue weighted by molar-refractivity contribution is 6.13. The number of hydrogen-bond donors (Lipinski definition) is 0. The van der Waals surface area contributed by atoms with Crippen LogP contribution in [0.3, 0.4) is 0 Å². The molecule has 2 unspecified atom stereocenters. The van der Waals surface area contributed by atoms with Gasteiger partial charge in [-0.2, -0.15) is 42.1 Å². The second-order valence-electron chi connectivity index (χ2n) is 17.9. The molecule has 2 aliphatic carbocycles. The standard InChI is InChI=1S/C58H12F18N8/c59-19-5-1-17(2-6-19)29-21(9-77)31-23(11-79)32-22(10-78)30(18-3-7-20(60)8-4-18)36(38(41-55(73)47(65)27(15-83)48(66)56(41)74)42-57(75)49(67)28(16-84)50(68)58(42)76)34(32)24(12-80)33(31)35(29)37(39-51(69)43(61)25(13-81)44(62)52(39)70)40-53(71)45(63)26(14-82)46(64)54(40)72/h1-8,35-38H. The highest BCUT2D eigenvalue weighted by Gasteiger charge is 2.54. The van der Waals surface area contributed by atoms with Crippen molar-refractivity contribution in [2.75, 3.05) is 0 Å². The molecule has 7 aromatic rings. The van der Waals surface area contributed by atoms with E-state index in [0.29, 0.717) is 48.5 Å². The Morgan fingerprint density at radius 3 is 0.667 bits per heavy atom. The predicted molar refractivity (Wildman–Crippen MR) is 247 cm³/mol. The van der Waals surface area contributed by atoms with Gasteiger partial charge in [-0.15, -0.1) is 0 Å². The molecule has 7 aromatic carbocycles. The molecule has 0 N–H and O–H groups in total. The van der Waals surface area contributed by atoms with Crippen LogP contribution >= 0.6 is 0 Å². The molecule has 410 valence electrons. The number of allylic oxidation sites excluding steroid dienone is 4. The number of benzene rings is 7. The van der Waals surface area contributed by atoms with Crippen molar-refractivity contribution in [1.82, 2.24) is 0 Å². The molecule has 0 aromatic heterocycles. The van der Waals surface area contributed by atoms with Crippen molar-refractivity contribution < 1.29 is 79.0 Å². The van der Waals surface area contributed by atoms with E-state index in [9.17, 15) is 50.9 Å². The molecule has 0 heterocycles. The van der Waals surface area contributed by atoms with Crippen molar-refractivity contribution in [2.24, 2.45) is 0 Å². The van der Waals surface area contributed by atoms with E-state index < -0.39 is 240 Å². The van der Waals surface area contributed by atoms with E-state index in [4.69, 9.17) is 0 Å². The quantitative estimate of drug-likeness (QED) is 0.106. The van der Waals surface area contributed by atoms with Gasteiger partial charge in [-0.3, -0.25) is 0 Å². The van der Waals surface area contributed by atoms with Crippen molar-refractivity contribution >= 4 is 22.3 Å². The van der Waals surface area contributed by atoms with Gasteiger partial charge in [0.15, 0.2) is 93.1 Å². The summed E-state index contributed by atoms with van der Waals surface area (Å²) in [5.74, 6) is -61.4. The first-order valence-electron chi connectivity index (χ1n) is 22.8. The summed E-state index contributed by atoms with van der Waals surface area (Å²) in [5, 5.41) is 83.4. The highest BCUT2D eigenvalue weighted by atomic mass is 19.2. The summed E-state index contributed by atoms with van der Waals surface area (Å²) >= 11 is 0. The van der Waals surface area contributed by atoms with Gasteiger partial charge in [0.1, 0.15) is 76.4 Å². The molecule has 0 radical (unpaired) electrons. The van der Waals surface area contributed by atoms with E-state index in [-0.39, 0.29) is 0 Å². The Kier molecular flexibility index (Phi) is 14.3. The van der Waals surface area contributed by atoms with Gasteiger partial charge in [-0.1, -0.05) is 24.3 Å². The number of rotatable bonds is 8. The first-order chi connectivity index (χ1) is 39.9. The Balaban J connectivity index is 1.63. The van der Waals surface area contributed by atoms with Crippen LogP contribution < -0.4 is 0 Å². The maximum absolute atomic E-state index is 17.0. The molecule has 9 rings (SSSR count). The van der Waals surface area contributed by atoms with Crippen LogP contribution in [0.25, 0.3) is 22.3 Å². The summed E-state index contributed by atoms with van der Waals surface area (Å²) < 4.78 is 295. The van der Waals surface area contributed by atoms with E-state index in [0.717, 1.165) is 24.3 Å². The molecule has 2 aliphatic rings. The summed E-state index contributed by atoms with van der Waals surface area (Å²) in [4.78, 5) is 0. The number of halogens is 18. The zero-order chi connectivity index (χ0) is 61.6. The Labute approximate surface area is 456 Å². The topological polar surface area (TPSA) is 190 Å². The lowest BCUT2D eigenvalue weighted by Crippen LogP contribution is -2.25. The lowest BCUT2D eigenvalue weighted by atomic mass is 9.68. The van der Waals surface area contributed by atoms with Gasteiger partial charge in [-0.05, 0) is 57.7 Å². The Morgan fingerprint density at radius 2 is 0.476 bits per heavy atom. The summed E-state index contributed by atoms with van der Waals surface area (Å²) in [6.07, 6.45) is 0. The maximum Gasteiger partial charge on any atom is 0.180 e. The van der Waals surface area contributed by atoms with Gasteiger partial charge >= 0.3 is 0 Å². The van der Waals surface area contributed by atoms with Crippen LogP contribution in [0.5, 0.6) is 0 Å². The van der Waals surface area contributed by atoms with Crippen LogP contribution in [0.4, 0.5) is 79.0 Å². The fourth-order valence-corrected chi connectivity index (χ4v) is 10.9. The van der Waals surface area contributed by atoms with E-state index in [1.807, 2.05) is 0 Å². The molecule has 0 fully saturated rings. The summed E-state index contributed by atoms with van der Waals surface area (Å²) in [6, 6.07) is 13.3. The lowest BCUT2D eigenvalue weighted by molar-refractivity contribution is 0.402. The van der Waals surface area contributed by atoms with Crippen LogP contribution in [-0.2, 0) is 0 Å². The van der Waals surface area contributed by atoms with Gasteiger partial charge in [0.05, 0.1) is 28.3 Å². The van der Waals surface area contributed by atoms with Crippen molar-refractivity contribution in [1.29, 1.82) is 42.1 Å². The second kappa shape index (κ2) is 21.0. The second-order valence-corrected chi connectivity index (χ2v) is 17.9. The van der Waals surface area contributed by atoms with Crippen LogP contribution in [0.1, 0.15) is 113 Å². The third-order valence-corrected chi connectivity index (χ3v) is 14.2. The molecular weight excluding hydrogens is 1150 g/mol. The average Bonchev–Trinajstić information content (AvgIpc) is 1.58. The van der Waals surface area contributed by atoms with E-state index >= 15 is 70.2 Å². The molecule has 8 nitrogen and oxygen atoms in total. The number of fused-ring (bicyclic) bond motifs is 2. The van der Waals surface area contributed by atoms with Gasteiger partial charge in [0, 0.05) is 57.1 Å². The van der Waals surface area contributed by atoms with Crippen LogP contribution in [0.15, 0.2) is 48.5 Å². The first-order valence-corrected chi connectivity index (χ1v) is 22.8. The average molecular weight is 1160 g/mol. The summed E-state index contributed by atoms with van der Waals surface area (Å²) in [7, 11) is 0. The minimum atomic E-state index is -3.73. The van der Waals surface area contributed by atoms with Crippen molar-refractivity contribution in [3.05, 3.63) is 242 Å². The summed E-state index contributed by atoms with van der Waals surface area (Å²) in [5.41, 5.74) is -33.3. The minimum absolute atomic E-state index is 0.511. The smallest absolute Gasteiger partial charge is 0.180 e. The van der Waals surface area contributed by atoms with Gasteiger partial charge in [-0.25, -0.2) is 79.0 Å². The van der Waals surface area contributed by atoms with Crippen LogP contribution in [0.2, 0.25) is 0 Å². The third-order valence-electron chi connectivity index (χ3n) is 14.2. The SMILES string of the molecule is N#CC1=C(c2ccc(F)cc2)C(C(c2c(F)c(F)c(C#N)c(F)c2F)c2c(F)c(F)c(C#N)c(F)c2F)c2c(C#N)c3c(c(C#N)c21)C(C#N)=C(c1ccc(F)cc1)C3C(c1c(F)c(F)c(C#N)c(F)c1F)c1c(F)c(F)c(C#N)c(F)c1F. The van der Waals surface area contributed by atoms with Crippen molar-refractivity contribution in [3.8, 4) is 48.6 Å². The molecule has 2 atom stereocenters. The summed E-state index contributed by atoms with van der Waals surface area (Å²) in [6.45, 7) is 0. The highest BCUT2D eigenvalue weighted by Crippen LogP contribution is 2.65. The van der Waals surface area contributed by atoms with E-state index in [1.54, 1.807) is 0 Å². The molecule has 0 spiro atoms. The van der Waals surface area contributed by atoms with E-state index in [1.165, 1.54) is 24.3 Å². The molecule has 0 saturated carbocycles. The van der Waals surface area contributed by atoms with Gasteiger partial charge < -0.3 is 0 Å². The molecule has 84 heavy (non-hydrogen) atoms. The largest absolute Gasteiger partial charge is 0.207 e. The predicted octanol–water partition coefficient (Wildman–Crippen LogP) is 14.1. The third kappa shape index (κ3) is 7.88. The molecule has 0 aliphatic heterocycles. The van der Waals surface area contributed by atoms with Crippen LogP contribution in [-0.4, -0.2) is 0 Å². The number of nitriles is 8. The Morgan fingerprint density at radius 1 is 0.262 bits per heavy atom. The molecule has 26 heteroatoms. The minimum Gasteiger partial charge on any atom is -0.207 e. The zero-order valence-electron chi connectivity index (χ0n) is 40.3. The van der Waals surface area contributed by atoms with Crippen LogP contribution in [0, 0.1) is 195 Å². The number of hydrogen-bond acceptors (Lipinski definition) is 8. The number of nitrogens with zero attached hydrogens (tertiary/aromatic N) is 8. The Hall–Kier alpha value is -11.3. The molecule has 0 saturated heterocycles. The van der Waals surface area contributed by atoms with E-state index in [2.05, 4.69) is 0 Å². The lowest BCUT2D eigenvalue weighted by Gasteiger charge is -2.33.